The predicted molar refractivity (Wildman–Crippen MR) is 58.9 cm³/mol. The van der Waals surface area contributed by atoms with Crippen LogP contribution in [0.1, 0.15) is 5.82 Å². The number of aromatic nitrogens is 2. The van der Waals surface area contributed by atoms with Crippen LogP contribution in [0.2, 0.25) is 0 Å². The van der Waals surface area contributed by atoms with E-state index in [1.165, 1.54) is 12.1 Å². The lowest BCUT2D eigenvalue weighted by molar-refractivity contribution is 0.295. The summed E-state index contributed by atoms with van der Waals surface area (Å²) in [6, 6.07) is 6.14. The van der Waals surface area contributed by atoms with Gasteiger partial charge >= 0.3 is 0 Å². The lowest BCUT2D eigenvalue weighted by Crippen LogP contribution is -2.08. The molecule has 1 aromatic heterocycles. The van der Waals surface area contributed by atoms with Crippen LogP contribution in [0, 0.1) is 12.7 Å². The molecule has 0 spiro atoms. The van der Waals surface area contributed by atoms with Crippen LogP contribution in [-0.2, 0) is 6.54 Å². The summed E-state index contributed by atoms with van der Waals surface area (Å²) in [5.41, 5.74) is 0. The molecule has 3 nitrogen and oxygen atoms in total. The first-order chi connectivity index (χ1) is 7.75. The molecule has 0 aliphatic heterocycles. The average Bonchev–Trinajstić information content (AvgIpc) is 2.65. The number of hydrogen-bond donors (Lipinski definition) is 0. The van der Waals surface area contributed by atoms with Gasteiger partial charge in [-0.2, -0.15) is 0 Å². The number of imidazole rings is 1. The maximum Gasteiger partial charge on any atom is 0.126 e. The van der Waals surface area contributed by atoms with E-state index in [9.17, 15) is 4.39 Å². The normalized spacial score (nSPS) is 10.4. The van der Waals surface area contributed by atoms with Gasteiger partial charge in [0.15, 0.2) is 0 Å². The number of ether oxygens (including phenoxy) is 1. The molecule has 0 atom stereocenters. The first-order valence-corrected chi connectivity index (χ1v) is 5.12. The van der Waals surface area contributed by atoms with Gasteiger partial charge in [0, 0.05) is 18.5 Å². The minimum Gasteiger partial charge on any atom is -0.492 e. The van der Waals surface area contributed by atoms with E-state index in [0.29, 0.717) is 18.9 Å². The number of benzene rings is 1. The van der Waals surface area contributed by atoms with Gasteiger partial charge in [0.1, 0.15) is 24.0 Å². The second kappa shape index (κ2) is 4.79. The highest BCUT2D eigenvalue weighted by molar-refractivity contribution is 5.22. The van der Waals surface area contributed by atoms with E-state index in [1.54, 1.807) is 18.3 Å². The van der Waals surface area contributed by atoms with Crippen molar-refractivity contribution in [2.45, 2.75) is 13.5 Å². The molecule has 1 heterocycles. The Labute approximate surface area is 93.5 Å². The molecule has 16 heavy (non-hydrogen) atoms. The Morgan fingerprint density at radius 1 is 1.44 bits per heavy atom. The first kappa shape index (κ1) is 10.7. The van der Waals surface area contributed by atoms with Crippen molar-refractivity contribution in [3.05, 3.63) is 48.3 Å². The first-order valence-electron chi connectivity index (χ1n) is 5.12. The third kappa shape index (κ3) is 2.59. The monoisotopic (exact) mass is 220 g/mol. The van der Waals surface area contributed by atoms with Crippen molar-refractivity contribution >= 4 is 0 Å². The smallest absolute Gasteiger partial charge is 0.126 e. The number of rotatable bonds is 4. The summed E-state index contributed by atoms with van der Waals surface area (Å²) >= 11 is 0. The Morgan fingerprint density at radius 2 is 2.31 bits per heavy atom. The van der Waals surface area contributed by atoms with Crippen molar-refractivity contribution in [2.75, 3.05) is 6.61 Å². The van der Waals surface area contributed by atoms with E-state index in [4.69, 9.17) is 4.74 Å². The van der Waals surface area contributed by atoms with Crippen LogP contribution in [0.3, 0.4) is 0 Å². The fourth-order valence-electron chi connectivity index (χ4n) is 1.46. The van der Waals surface area contributed by atoms with E-state index >= 15 is 0 Å². The largest absolute Gasteiger partial charge is 0.492 e. The van der Waals surface area contributed by atoms with E-state index < -0.39 is 0 Å². The topological polar surface area (TPSA) is 27.1 Å². The third-order valence-corrected chi connectivity index (χ3v) is 2.32. The molecule has 0 unspecified atom stereocenters. The summed E-state index contributed by atoms with van der Waals surface area (Å²) in [6.07, 6.45) is 3.64. The highest BCUT2D eigenvalue weighted by atomic mass is 19.1. The Morgan fingerprint density at radius 3 is 3.00 bits per heavy atom. The molecule has 0 N–H and O–H groups in total. The molecule has 84 valence electrons. The third-order valence-electron chi connectivity index (χ3n) is 2.32. The summed E-state index contributed by atoms with van der Waals surface area (Å²) in [5, 5.41) is 0. The maximum atomic E-state index is 12.8. The lowest BCUT2D eigenvalue weighted by atomic mass is 10.3. The van der Waals surface area contributed by atoms with E-state index in [2.05, 4.69) is 4.98 Å². The summed E-state index contributed by atoms with van der Waals surface area (Å²) in [6.45, 7) is 3.14. The quantitative estimate of drug-likeness (QED) is 0.791. The number of halogens is 1. The highest BCUT2D eigenvalue weighted by Crippen LogP contribution is 2.11. The summed E-state index contributed by atoms with van der Waals surface area (Å²) in [5.74, 6) is 1.22. The van der Waals surface area contributed by atoms with Gasteiger partial charge in [-0.15, -0.1) is 0 Å². The van der Waals surface area contributed by atoms with Gasteiger partial charge in [0.05, 0.1) is 6.54 Å². The Kier molecular flexibility index (Phi) is 3.19. The van der Waals surface area contributed by atoms with Crippen LogP contribution < -0.4 is 4.74 Å². The van der Waals surface area contributed by atoms with Gasteiger partial charge < -0.3 is 9.30 Å². The highest BCUT2D eigenvalue weighted by Gasteiger charge is 1.98. The molecule has 0 saturated carbocycles. The fourth-order valence-corrected chi connectivity index (χ4v) is 1.46. The molecular weight excluding hydrogens is 207 g/mol. The fraction of sp³-hybridized carbons (Fsp3) is 0.250. The zero-order valence-corrected chi connectivity index (χ0v) is 9.06. The van der Waals surface area contributed by atoms with Crippen LogP contribution in [0.5, 0.6) is 5.75 Å². The molecule has 2 aromatic rings. The zero-order valence-electron chi connectivity index (χ0n) is 9.06. The Bertz CT molecular complexity index is 468. The predicted octanol–water partition coefficient (Wildman–Crippen LogP) is 2.41. The van der Waals surface area contributed by atoms with Crippen LogP contribution in [0.25, 0.3) is 0 Å². The molecule has 0 radical (unpaired) electrons. The van der Waals surface area contributed by atoms with Crippen molar-refractivity contribution in [3.63, 3.8) is 0 Å². The SMILES string of the molecule is Cc1nccn1CCOc1cccc(F)c1. The standard InChI is InChI=1S/C12H13FN2O/c1-10-14-5-6-15(10)7-8-16-12-4-2-3-11(13)9-12/h2-6,9H,7-8H2,1H3. The van der Waals surface area contributed by atoms with Gasteiger partial charge in [-0.25, -0.2) is 9.37 Å². The van der Waals surface area contributed by atoms with Crippen molar-refractivity contribution in [3.8, 4) is 5.75 Å². The average molecular weight is 220 g/mol. The molecule has 0 aliphatic carbocycles. The van der Waals surface area contributed by atoms with Gasteiger partial charge in [0.2, 0.25) is 0 Å². The van der Waals surface area contributed by atoms with E-state index in [0.717, 1.165) is 5.82 Å². The second-order valence-corrected chi connectivity index (χ2v) is 3.47. The molecule has 1 aromatic carbocycles. The van der Waals surface area contributed by atoms with Gasteiger partial charge in [-0.3, -0.25) is 0 Å². The Balaban J connectivity index is 1.87. The van der Waals surface area contributed by atoms with Crippen molar-refractivity contribution in [2.24, 2.45) is 0 Å². The number of nitrogens with zero attached hydrogens (tertiary/aromatic N) is 2. The molecular formula is C12H13FN2O. The van der Waals surface area contributed by atoms with Crippen LogP contribution >= 0.6 is 0 Å². The Hall–Kier alpha value is -1.84. The van der Waals surface area contributed by atoms with Crippen LogP contribution in [-0.4, -0.2) is 16.2 Å². The molecule has 0 fully saturated rings. The van der Waals surface area contributed by atoms with Crippen molar-refractivity contribution < 1.29 is 9.13 Å². The van der Waals surface area contributed by atoms with Gasteiger partial charge in [0.25, 0.3) is 0 Å². The molecule has 0 saturated heterocycles. The molecule has 0 amide bonds. The van der Waals surface area contributed by atoms with E-state index in [-0.39, 0.29) is 5.82 Å². The minimum absolute atomic E-state index is 0.281. The maximum absolute atomic E-state index is 12.8. The lowest BCUT2D eigenvalue weighted by Gasteiger charge is -2.07. The number of aryl methyl sites for hydroxylation is 1. The molecule has 0 bridgehead atoms. The molecule has 2 rings (SSSR count). The van der Waals surface area contributed by atoms with Gasteiger partial charge in [-0.1, -0.05) is 6.07 Å². The van der Waals surface area contributed by atoms with Gasteiger partial charge in [-0.05, 0) is 19.1 Å². The van der Waals surface area contributed by atoms with Crippen LogP contribution in [0.15, 0.2) is 36.7 Å². The summed E-state index contributed by atoms with van der Waals surface area (Å²) < 4.78 is 20.2. The number of hydrogen-bond acceptors (Lipinski definition) is 2. The minimum atomic E-state index is -0.281. The molecule has 0 aliphatic rings. The second-order valence-electron chi connectivity index (χ2n) is 3.47. The van der Waals surface area contributed by atoms with Crippen molar-refractivity contribution in [1.29, 1.82) is 0 Å². The zero-order chi connectivity index (χ0) is 11.4. The molecule has 4 heteroatoms. The summed E-state index contributed by atoms with van der Waals surface area (Å²) in [7, 11) is 0. The van der Waals surface area contributed by atoms with Crippen LogP contribution in [0.4, 0.5) is 4.39 Å². The summed E-state index contributed by atoms with van der Waals surface area (Å²) in [4.78, 5) is 4.10. The van der Waals surface area contributed by atoms with E-state index in [1.807, 2.05) is 17.7 Å². The van der Waals surface area contributed by atoms with Crippen molar-refractivity contribution in [1.82, 2.24) is 9.55 Å².